The van der Waals surface area contributed by atoms with Gasteiger partial charge < -0.3 is 9.84 Å². The molecule has 3 unspecified atom stereocenters. The molecule has 2 aliphatic rings. The summed E-state index contributed by atoms with van der Waals surface area (Å²) in [6.07, 6.45) is 4.02. The van der Waals surface area contributed by atoms with Crippen LogP contribution in [0.3, 0.4) is 0 Å². The van der Waals surface area contributed by atoms with Gasteiger partial charge in [0.25, 0.3) is 0 Å². The molecule has 2 heteroatoms. The van der Waals surface area contributed by atoms with Crippen LogP contribution < -0.4 is 4.74 Å². The van der Waals surface area contributed by atoms with Gasteiger partial charge in [-0.2, -0.15) is 0 Å². The fraction of sp³-hybridized carbons (Fsp3) is 0.600. The molecule has 1 saturated carbocycles. The molecule has 1 heterocycles. The highest BCUT2D eigenvalue weighted by atomic mass is 16.5. The molecule has 1 aromatic carbocycles. The third-order valence-corrected chi connectivity index (χ3v) is 4.15. The van der Waals surface area contributed by atoms with E-state index in [-0.39, 0.29) is 6.10 Å². The summed E-state index contributed by atoms with van der Waals surface area (Å²) in [7, 11) is 0. The summed E-state index contributed by atoms with van der Waals surface area (Å²) in [5.41, 5.74) is 2.67. The number of aliphatic hydroxyl groups excluding tert-OH is 1. The van der Waals surface area contributed by atoms with Crippen LogP contribution in [0.1, 0.15) is 30.9 Å². The molecule has 0 spiro atoms. The van der Waals surface area contributed by atoms with E-state index in [0.717, 1.165) is 37.5 Å². The van der Waals surface area contributed by atoms with E-state index < -0.39 is 0 Å². The van der Waals surface area contributed by atoms with Crippen molar-refractivity contribution in [3.05, 3.63) is 29.3 Å². The Kier molecular flexibility index (Phi) is 2.83. The van der Waals surface area contributed by atoms with E-state index in [9.17, 15) is 5.11 Å². The van der Waals surface area contributed by atoms with E-state index in [1.165, 1.54) is 17.5 Å². The molecule has 0 bridgehead atoms. The first-order valence-electron chi connectivity index (χ1n) is 6.66. The van der Waals surface area contributed by atoms with Crippen molar-refractivity contribution < 1.29 is 9.84 Å². The monoisotopic (exact) mass is 232 g/mol. The molecule has 1 aliphatic carbocycles. The highest BCUT2D eigenvalue weighted by Crippen LogP contribution is 2.41. The van der Waals surface area contributed by atoms with Gasteiger partial charge >= 0.3 is 0 Å². The number of ether oxygens (including phenoxy) is 1. The van der Waals surface area contributed by atoms with E-state index in [4.69, 9.17) is 4.74 Å². The van der Waals surface area contributed by atoms with E-state index in [2.05, 4.69) is 25.1 Å². The van der Waals surface area contributed by atoms with Gasteiger partial charge in [-0.25, -0.2) is 0 Å². The molecule has 3 rings (SSSR count). The molecular weight excluding hydrogens is 212 g/mol. The van der Waals surface area contributed by atoms with Crippen LogP contribution in [0.15, 0.2) is 18.2 Å². The largest absolute Gasteiger partial charge is 0.493 e. The second kappa shape index (κ2) is 4.34. The molecule has 17 heavy (non-hydrogen) atoms. The lowest BCUT2D eigenvalue weighted by atomic mass is 10.0. The maximum Gasteiger partial charge on any atom is 0.122 e. The highest BCUT2D eigenvalue weighted by Gasteiger charge is 2.38. The number of rotatable bonds is 4. The van der Waals surface area contributed by atoms with Crippen LogP contribution in [0, 0.1) is 11.8 Å². The van der Waals surface area contributed by atoms with Gasteiger partial charge in [0.2, 0.25) is 0 Å². The third kappa shape index (κ3) is 2.32. The number of hydrogen-bond donors (Lipinski definition) is 1. The fourth-order valence-corrected chi connectivity index (χ4v) is 2.81. The SMILES string of the molecule is CC1CC1C(O)CCc1ccc2c(c1)CCO2. The Hall–Kier alpha value is -1.02. The minimum Gasteiger partial charge on any atom is -0.493 e. The lowest BCUT2D eigenvalue weighted by Gasteiger charge is -2.10. The Morgan fingerprint density at radius 3 is 3.06 bits per heavy atom. The van der Waals surface area contributed by atoms with Gasteiger partial charge in [0, 0.05) is 6.42 Å². The average Bonchev–Trinajstić information content (AvgIpc) is 2.90. The lowest BCUT2D eigenvalue weighted by molar-refractivity contribution is 0.136. The zero-order chi connectivity index (χ0) is 11.8. The first-order valence-corrected chi connectivity index (χ1v) is 6.66. The van der Waals surface area contributed by atoms with Crippen molar-refractivity contribution in [1.29, 1.82) is 0 Å². The van der Waals surface area contributed by atoms with Crippen molar-refractivity contribution in [3.63, 3.8) is 0 Å². The molecule has 1 aliphatic heterocycles. The minimum absolute atomic E-state index is 0.102. The van der Waals surface area contributed by atoms with Gasteiger partial charge in [-0.1, -0.05) is 19.1 Å². The van der Waals surface area contributed by atoms with Gasteiger partial charge in [-0.05, 0) is 48.3 Å². The van der Waals surface area contributed by atoms with Crippen LogP contribution in [0.2, 0.25) is 0 Å². The summed E-state index contributed by atoms with van der Waals surface area (Å²) in [5, 5.41) is 9.99. The Labute approximate surface area is 103 Å². The van der Waals surface area contributed by atoms with Gasteiger partial charge in [-0.3, -0.25) is 0 Å². The number of hydrogen-bond acceptors (Lipinski definition) is 2. The molecule has 0 aromatic heterocycles. The summed E-state index contributed by atoms with van der Waals surface area (Å²) < 4.78 is 5.49. The van der Waals surface area contributed by atoms with Gasteiger partial charge in [0.1, 0.15) is 5.75 Å². The number of aliphatic hydroxyl groups is 1. The maximum absolute atomic E-state index is 9.99. The Morgan fingerprint density at radius 2 is 2.29 bits per heavy atom. The van der Waals surface area contributed by atoms with Crippen LogP contribution in [0.5, 0.6) is 5.75 Å². The van der Waals surface area contributed by atoms with Crippen molar-refractivity contribution in [2.45, 2.75) is 38.7 Å². The predicted octanol–water partition coefficient (Wildman–Crippen LogP) is 2.57. The van der Waals surface area contributed by atoms with Crippen LogP contribution >= 0.6 is 0 Å². The van der Waals surface area contributed by atoms with Crippen molar-refractivity contribution in [2.24, 2.45) is 11.8 Å². The third-order valence-electron chi connectivity index (χ3n) is 4.15. The first kappa shape index (κ1) is 11.1. The molecule has 1 N–H and O–H groups in total. The van der Waals surface area contributed by atoms with Gasteiger partial charge in [-0.15, -0.1) is 0 Å². The number of benzene rings is 1. The van der Waals surface area contributed by atoms with Crippen LogP contribution in [0.4, 0.5) is 0 Å². The van der Waals surface area contributed by atoms with Crippen molar-refractivity contribution >= 4 is 0 Å². The van der Waals surface area contributed by atoms with E-state index >= 15 is 0 Å². The second-order valence-electron chi connectivity index (χ2n) is 5.52. The fourth-order valence-electron chi connectivity index (χ4n) is 2.81. The summed E-state index contributed by atoms with van der Waals surface area (Å²) >= 11 is 0. The molecule has 92 valence electrons. The van der Waals surface area contributed by atoms with Crippen LogP contribution in [-0.2, 0) is 12.8 Å². The molecular formula is C15H20O2. The Morgan fingerprint density at radius 1 is 1.47 bits per heavy atom. The quantitative estimate of drug-likeness (QED) is 0.864. The summed E-state index contributed by atoms with van der Waals surface area (Å²) in [6.45, 7) is 3.04. The average molecular weight is 232 g/mol. The van der Waals surface area contributed by atoms with Crippen molar-refractivity contribution in [2.75, 3.05) is 6.61 Å². The maximum atomic E-state index is 9.99. The zero-order valence-electron chi connectivity index (χ0n) is 10.4. The van der Waals surface area contributed by atoms with Crippen LogP contribution in [-0.4, -0.2) is 17.8 Å². The van der Waals surface area contributed by atoms with E-state index in [1.54, 1.807) is 0 Å². The predicted molar refractivity (Wildman–Crippen MR) is 67.2 cm³/mol. The van der Waals surface area contributed by atoms with E-state index in [1.807, 2.05) is 0 Å². The molecule has 0 amide bonds. The molecule has 3 atom stereocenters. The summed E-state index contributed by atoms with van der Waals surface area (Å²) in [4.78, 5) is 0. The molecule has 0 saturated heterocycles. The molecule has 1 fully saturated rings. The van der Waals surface area contributed by atoms with Crippen molar-refractivity contribution in [3.8, 4) is 5.75 Å². The second-order valence-corrected chi connectivity index (χ2v) is 5.52. The van der Waals surface area contributed by atoms with E-state index in [0.29, 0.717) is 5.92 Å². The summed E-state index contributed by atoms with van der Waals surface area (Å²) in [5.74, 6) is 2.34. The standard InChI is InChI=1S/C15H20O2/c1-10-8-13(10)14(16)4-2-11-3-5-15-12(9-11)6-7-17-15/h3,5,9-10,13-14,16H,2,4,6-8H2,1H3. The summed E-state index contributed by atoms with van der Waals surface area (Å²) in [6, 6.07) is 6.45. The first-order chi connectivity index (χ1) is 8.24. The lowest BCUT2D eigenvalue weighted by Crippen LogP contribution is -2.11. The number of fused-ring (bicyclic) bond motifs is 1. The zero-order valence-corrected chi connectivity index (χ0v) is 10.4. The minimum atomic E-state index is -0.102. The van der Waals surface area contributed by atoms with Crippen LogP contribution in [0.25, 0.3) is 0 Å². The topological polar surface area (TPSA) is 29.5 Å². The smallest absolute Gasteiger partial charge is 0.122 e. The Balaban J connectivity index is 1.58. The molecule has 2 nitrogen and oxygen atoms in total. The van der Waals surface area contributed by atoms with Gasteiger partial charge in [0.05, 0.1) is 12.7 Å². The molecule has 0 radical (unpaired) electrons. The Bertz CT molecular complexity index is 413. The normalized spacial score (nSPS) is 27.4. The molecule has 1 aromatic rings. The highest BCUT2D eigenvalue weighted by molar-refractivity contribution is 5.39. The number of aryl methyl sites for hydroxylation is 1. The van der Waals surface area contributed by atoms with Gasteiger partial charge in [0.15, 0.2) is 0 Å². The van der Waals surface area contributed by atoms with Crippen molar-refractivity contribution in [1.82, 2.24) is 0 Å².